The number of rotatable bonds is 2. The van der Waals surface area contributed by atoms with Gasteiger partial charge in [-0.05, 0) is 12.3 Å². The monoisotopic (exact) mass is 198 g/mol. The second kappa shape index (κ2) is 3.58. The van der Waals surface area contributed by atoms with Crippen molar-refractivity contribution in [2.24, 2.45) is 5.92 Å². The van der Waals surface area contributed by atoms with Gasteiger partial charge in [0, 0.05) is 10.8 Å². The molecule has 1 atom stereocenters. The molecule has 2 nitrogen and oxygen atoms in total. The van der Waals surface area contributed by atoms with Gasteiger partial charge in [-0.2, -0.15) is 0 Å². The summed E-state index contributed by atoms with van der Waals surface area (Å²) in [4.78, 5) is 0. The maximum atomic E-state index is 5.77. The molecule has 2 rings (SSSR count). The first-order valence-electron chi connectivity index (χ1n) is 4.61. The lowest BCUT2D eigenvalue weighted by atomic mass is 10.1. The average molecular weight is 198 g/mol. The second-order valence-corrected chi connectivity index (χ2v) is 4.52. The van der Waals surface area contributed by atoms with Gasteiger partial charge in [0.1, 0.15) is 12.7 Å². The third-order valence-electron chi connectivity index (χ3n) is 2.05. The Labute approximate surface area is 82.5 Å². The van der Waals surface area contributed by atoms with Gasteiger partial charge in [0.15, 0.2) is 11.5 Å². The number of hydrogen-bond donors (Lipinski definition) is 0. The summed E-state index contributed by atoms with van der Waals surface area (Å²) in [7, 11) is 0. The molecule has 1 aliphatic heterocycles. The van der Waals surface area contributed by atoms with Gasteiger partial charge in [-0.15, -0.1) is 11.3 Å². The summed E-state index contributed by atoms with van der Waals surface area (Å²) < 4.78 is 11.3. The van der Waals surface area contributed by atoms with Gasteiger partial charge in [-0.3, -0.25) is 0 Å². The topological polar surface area (TPSA) is 18.5 Å². The van der Waals surface area contributed by atoms with Gasteiger partial charge in [0.05, 0.1) is 0 Å². The Hall–Kier alpha value is -0.700. The van der Waals surface area contributed by atoms with Crippen LogP contribution in [0, 0.1) is 5.92 Å². The van der Waals surface area contributed by atoms with Crippen LogP contribution in [0.2, 0.25) is 0 Å². The molecular weight excluding hydrogens is 184 g/mol. The first-order chi connectivity index (χ1) is 6.25. The van der Waals surface area contributed by atoms with Gasteiger partial charge in [0.2, 0.25) is 0 Å². The third-order valence-corrected chi connectivity index (χ3v) is 2.75. The molecule has 72 valence electrons. The maximum Gasteiger partial charge on any atom is 0.172 e. The lowest BCUT2D eigenvalue weighted by molar-refractivity contribution is 0.0771. The zero-order chi connectivity index (χ0) is 9.26. The van der Waals surface area contributed by atoms with E-state index in [-0.39, 0.29) is 6.10 Å². The van der Waals surface area contributed by atoms with E-state index in [1.54, 1.807) is 11.3 Å². The van der Waals surface area contributed by atoms with Crippen LogP contribution in [0.15, 0.2) is 10.8 Å². The molecule has 13 heavy (non-hydrogen) atoms. The van der Waals surface area contributed by atoms with Gasteiger partial charge in [-0.1, -0.05) is 13.8 Å². The molecule has 1 aromatic rings. The molecule has 0 fully saturated rings. The van der Waals surface area contributed by atoms with Crippen LogP contribution in [0.25, 0.3) is 0 Å². The van der Waals surface area contributed by atoms with Crippen molar-refractivity contribution >= 4 is 11.3 Å². The molecule has 1 aliphatic rings. The maximum absolute atomic E-state index is 5.77. The molecule has 1 aromatic heterocycles. The highest BCUT2D eigenvalue weighted by atomic mass is 32.1. The van der Waals surface area contributed by atoms with Crippen LogP contribution >= 0.6 is 11.3 Å². The van der Waals surface area contributed by atoms with Gasteiger partial charge in [-0.25, -0.2) is 0 Å². The van der Waals surface area contributed by atoms with E-state index in [1.807, 2.05) is 10.8 Å². The third kappa shape index (κ3) is 1.97. The Balaban J connectivity index is 2.00. The van der Waals surface area contributed by atoms with Crippen molar-refractivity contribution in [3.05, 3.63) is 10.8 Å². The van der Waals surface area contributed by atoms with Crippen LogP contribution in [0.4, 0.5) is 0 Å². The van der Waals surface area contributed by atoms with E-state index in [4.69, 9.17) is 9.47 Å². The summed E-state index contributed by atoms with van der Waals surface area (Å²) in [5, 5.41) is 3.99. The summed E-state index contributed by atoms with van der Waals surface area (Å²) in [5.41, 5.74) is 0. The predicted octanol–water partition coefficient (Wildman–Crippen LogP) is 2.93. The Kier molecular flexibility index (Phi) is 2.44. The summed E-state index contributed by atoms with van der Waals surface area (Å²) in [6.45, 7) is 5.10. The minimum atomic E-state index is 0.238. The van der Waals surface area contributed by atoms with Gasteiger partial charge in [0.25, 0.3) is 0 Å². The van der Waals surface area contributed by atoms with Crippen molar-refractivity contribution in [1.82, 2.24) is 0 Å². The standard InChI is InChI=1S/C10H14O2S/c1-7(2)3-8-4-11-9-5-13-6-10(9)12-8/h5-8H,3-4H2,1-2H3. The smallest absolute Gasteiger partial charge is 0.172 e. The Bertz CT molecular complexity index is 280. The van der Waals surface area contributed by atoms with Crippen molar-refractivity contribution in [2.45, 2.75) is 26.4 Å². The first-order valence-corrected chi connectivity index (χ1v) is 5.55. The number of thiophene rings is 1. The fourth-order valence-corrected chi connectivity index (χ4v) is 2.17. The van der Waals surface area contributed by atoms with Crippen LogP contribution in [-0.2, 0) is 0 Å². The number of hydrogen-bond acceptors (Lipinski definition) is 3. The molecule has 0 aliphatic carbocycles. The Morgan fingerprint density at radius 2 is 2.23 bits per heavy atom. The average Bonchev–Trinajstić information content (AvgIpc) is 2.49. The summed E-state index contributed by atoms with van der Waals surface area (Å²) >= 11 is 1.63. The van der Waals surface area contributed by atoms with Crippen molar-refractivity contribution in [3.8, 4) is 11.5 Å². The van der Waals surface area contributed by atoms with Crippen molar-refractivity contribution in [2.75, 3.05) is 6.61 Å². The normalized spacial score (nSPS) is 20.7. The first kappa shape index (κ1) is 8.88. The molecular formula is C10H14O2S. The lowest BCUT2D eigenvalue weighted by Gasteiger charge is -2.25. The van der Waals surface area contributed by atoms with Crippen molar-refractivity contribution < 1.29 is 9.47 Å². The summed E-state index contributed by atoms with van der Waals surface area (Å²) in [5.74, 6) is 2.49. The number of ether oxygens (including phenoxy) is 2. The van der Waals surface area contributed by atoms with E-state index in [1.165, 1.54) is 0 Å². The zero-order valence-electron chi connectivity index (χ0n) is 7.95. The second-order valence-electron chi connectivity index (χ2n) is 3.78. The number of fused-ring (bicyclic) bond motifs is 1. The van der Waals surface area contributed by atoms with Gasteiger partial charge < -0.3 is 9.47 Å². The molecule has 1 unspecified atom stereocenters. The van der Waals surface area contributed by atoms with Crippen LogP contribution in [0.5, 0.6) is 11.5 Å². The predicted molar refractivity (Wildman–Crippen MR) is 53.7 cm³/mol. The molecule has 0 amide bonds. The summed E-state index contributed by atoms with van der Waals surface area (Å²) in [6.07, 6.45) is 1.30. The molecule has 0 spiro atoms. The highest BCUT2D eigenvalue weighted by Gasteiger charge is 2.21. The molecule has 0 bridgehead atoms. The van der Waals surface area contributed by atoms with E-state index in [0.29, 0.717) is 12.5 Å². The van der Waals surface area contributed by atoms with Crippen LogP contribution in [0.3, 0.4) is 0 Å². The SMILES string of the molecule is CC(C)CC1COc2cscc2O1. The van der Waals surface area contributed by atoms with E-state index in [9.17, 15) is 0 Å². The summed E-state index contributed by atoms with van der Waals surface area (Å²) in [6, 6.07) is 0. The molecule has 0 N–H and O–H groups in total. The fourth-order valence-electron chi connectivity index (χ4n) is 1.50. The van der Waals surface area contributed by atoms with Crippen molar-refractivity contribution in [1.29, 1.82) is 0 Å². The van der Waals surface area contributed by atoms with E-state index >= 15 is 0 Å². The Morgan fingerprint density at radius 1 is 1.46 bits per heavy atom. The van der Waals surface area contributed by atoms with Crippen LogP contribution < -0.4 is 9.47 Å². The van der Waals surface area contributed by atoms with Crippen molar-refractivity contribution in [3.63, 3.8) is 0 Å². The zero-order valence-corrected chi connectivity index (χ0v) is 8.76. The lowest BCUT2D eigenvalue weighted by Crippen LogP contribution is -2.29. The fraction of sp³-hybridized carbons (Fsp3) is 0.600. The highest BCUT2D eigenvalue weighted by Crippen LogP contribution is 2.36. The minimum absolute atomic E-state index is 0.238. The van der Waals surface area contributed by atoms with E-state index < -0.39 is 0 Å². The molecule has 0 saturated carbocycles. The van der Waals surface area contributed by atoms with Gasteiger partial charge >= 0.3 is 0 Å². The molecule has 2 heterocycles. The van der Waals surface area contributed by atoms with Crippen LogP contribution in [0.1, 0.15) is 20.3 Å². The Morgan fingerprint density at radius 3 is 3.00 bits per heavy atom. The van der Waals surface area contributed by atoms with E-state index in [2.05, 4.69) is 13.8 Å². The largest absolute Gasteiger partial charge is 0.485 e. The van der Waals surface area contributed by atoms with E-state index in [0.717, 1.165) is 17.9 Å². The molecule has 0 radical (unpaired) electrons. The van der Waals surface area contributed by atoms with Crippen LogP contribution in [-0.4, -0.2) is 12.7 Å². The molecule has 0 aromatic carbocycles. The molecule has 0 saturated heterocycles. The molecule has 3 heteroatoms. The minimum Gasteiger partial charge on any atom is -0.485 e. The quantitative estimate of drug-likeness (QED) is 0.727. The highest BCUT2D eigenvalue weighted by molar-refractivity contribution is 7.08.